The summed E-state index contributed by atoms with van der Waals surface area (Å²) in [6.45, 7) is 2.20. The SMILES string of the molecule is CCCCCCCCCC(=O)N[C@@H](Cc1ccc2ccccc2c1)C(=O)O. The van der Waals surface area contributed by atoms with Gasteiger partial charge in [0.2, 0.25) is 5.91 Å². The van der Waals surface area contributed by atoms with Gasteiger partial charge in [0.05, 0.1) is 0 Å². The van der Waals surface area contributed by atoms with Crippen molar-refractivity contribution in [2.75, 3.05) is 0 Å². The van der Waals surface area contributed by atoms with Gasteiger partial charge < -0.3 is 10.4 Å². The summed E-state index contributed by atoms with van der Waals surface area (Å²) in [6, 6.07) is 13.0. The molecular weight excluding hydrogens is 338 g/mol. The summed E-state index contributed by atoms with van der Waals surface area (Å²) in [7, 11) is 0. The van der Waals surface area contributed by atoms with Crippen LogP contribution in [0, 0.1) is 0 Å². The molecule has 2 aromatic rings. The molecule has 0 spiro atoms. The number of hydrogen-bond acceptors (Lipinski definition) is 2. The van der Waals surface area contributed by atoms with Crippen LogP contribution < -0.4 is 5.32 Å². The molecule has 2 aromatic carbocycles. The average Bonchev–Trinajstić information content (AvgIpc) is 2.66. The number of carboxylic acids is 1. The van der Waals surface area contributed by atoms with Gasteiger partial charge in [-0.2, -0.15) is 0 Å². The number of carboxylic acid groups (broad SMARTS) is 1. The smallest absolute Gasteiger partial charge is 0.326 e. The first-order valence-electron chi connectivity index (χ1n) is 10.1. The Morgan fingerprint density at radius 1 is 0.926 bits per heavy atom. The van der Waals surface area contributed by atoms with Crippen LogP contribution in [0.1, 0.15) is 63.9 Å². The second-order valence-electron chi connectivity index (χ2n) is 7.22. The molecule has 0 radical (unpaired) electrons. The second kappa shape index (κ2) is 11.4. The maximum absolute atomic E-state index is 12.1. The Morgan fingerprint density at radius 2 is 1.59 bits per heavy atom. The molecule has 0 fully saturated rings. The molecule has 0 unspecified atom stereocenters. The van der Waals surface area contributed by atoms with Crippen LogP contribution in [0.2, 0.25) is 0 Å². The molecule has 0 heterocycles. The van der Waals surface area contributed by atoms with Crippen LogP contribution in [0.5, 0.6) is 0 Å². The molecule has 4 nitrogen and oxygen atoms in total. The normalized spacial score (nSPS) is 12.0. The van der Waals surface area contributed by atoms with E-state index in [1.807, 2.05) is 42.5 Å². The molecule has 4 heteroatoms. The fraction of sp³-hybridized carbons (Fsp3) is 0.478. The molecule has 0 aromatic heterocycles. The van der Waals surface area contributed by atoms with Crippen LogP contribution in [0.15, 0.2) is 42.5 Å². The van der Waals surface area contributed by atoms with Gasteiger partial charge in [0, 0.05) is 12.8 Å². The first kappa shape index (κ1) is 20.9. The lowest BCUT2D eigenvalue weighted by Gasteiger charge is -2.15. The fourth-order valence-corrected chi connectivity index (χ4v) is 3.31. The van der Waals surface area contributed by atoms with Crippen LogP contribution >= 0.6 is 0 Å². The maximum Gasteiger partial charge on any atom is 0.326 e. The summed E-state index contributed by atoms with van der Waals surface area (Å²) >= 11 is 0. The van der Waals surface area contributed by atoms with E-state index in [2.05, 4.69) is 12.2 Å². The fourth-order valence-electron chi connectivity index (χ4n) is 3.31. The molecule has 0 saturated carbocycles. The van der Waals surface area contributed by atoms with Crippen molar-refractivity contribution in [3.8, 4) is 0 Å². The minimum atomic E-state index is -0.990. The summed E-state index contributed by atoms with van der Waals surface area (Å²) < 4.78 is 0. The molecule has 0 saturated heterocycles. The van der Waals surface area contributed by atoms with Crippen molar-refractivity contribution in [1.29, 1.82) is 0 Å². The Balaban J connectivity index is 1.80. The van der Waals surface area contributed by atoms with Crippen molar-refractivity contribution in [2.45, 2.75) is 70.8 Å². The number of carbonyl (C=O) groups is 2. The molecule has 2 N–H and O–H groups in total. The van der Waals surface area contributed by atoms with Crippen molar-refractivity contribution < 1.29 is 14.7 Å². The maximum atomic E-state index is 12.1. The molecular formula is C23H31NO3. The van der Waals surface area contributed by atoms with Crippen molar-refractivity contribution >= 4 is 22.6 Å². The first-order valence-corrected chi connectivity index (χ1v) is 10.1. The summed E-state index contributed by atoms with van der Waals surface area (Å²) in [6.07, 6.45) is 8.67. The van der Waals surface area contributed by atoms with Gasteiger partial charge in [0.1, 0.15) is 6.04 Å². The summed E-state index contributed by atoms with van der Waals surface area (Å²) in [5.74, 6) is -1.16. The van der Waals surface area contributed by atoms with Crippen LogP contribution in [0.3, 0.4) is 0 Å². The molecule has 27 heavy (non-hydrogen) atoms. The van der Waals surface area contributed by atoms with E-state index in [9.17, 15) is 14.7 Å². The summed E-state index contributed by atoms with van der Waals surface area (Å²) in [4.78, 5) is 23.7. The Morgan fingerprint density at radius 3 is 2.30 bits per heavy atom. The van der Waals surface area contributed by atoms with Gasteiger partial charge in [-0.15, -0.1) is 0 Å². The quantitative estimate of drug-likeness (QED) is 0.512. The number of fused-ring (bicyclic) bond motifs is 1. The Hall–Kier alpha value is -2.36. The number of rotatable bonds is 12. The highest BCUT2D eigenvalue weighted by molar-refractivity contribution is 5.85. The number of benzene rings is 2. The molecule has 1 amide bonds. The highest BCUT2D eigenvalue weighted by Crippen LogP contribution is 2.17. The zero-order valence-corrected chi connectivity index (χ0v) is 16.2. The molecule has 0 aliphatic rings. The van der Waals surface area contributed by atoms with E-state index in [1.54, 1.807) is 0 Å². The van der Waals surface area contributed by atoms with E-state index in [4.69, 9.17) is 0 Å². The predicted octanol–water partition coefficient (Wildman–Crippen LogP) is 5.09. The third-order valence-electron chi connectivity index (χ3n) is 4.89. The first-order chi connectivity index (χ1) is 13.1. The van der Waals surface area contributed by atoms with Gasteiger partial charge in [0.15, 0.2) is 0 Å². The number of carbonyl (C=O) groups excluding carboxylic acids is 1. The summed E-state index contributed by atoms with van der Waals surface area (Å²) in [5.41, 5.74) is 0.914. The van der Waals surface area contributed by atoms with Crippen LogP contribution in [-0.2, 0) is 16.0 Å². The van der Waals surface area contributed by atoms with E-state index < -0.39 is 12.0 Å². The molecule has 2 rings (SSSR count). The van der Waals surface area contributed by atoms with Gasteiger partial charge in [-0.1, -0.05) is 87.9 Å². The van der Waals surface area contributed by atoms with Crippen molar-refractivity contribution in [2.24, 2.45) is 0 Å². The molecule has 0 aliphatic carbocycles. The van der Waals surface area contributed by atoms with Gasteiger partial charge in [0.25, 0.3) is 0 Å². The average molecular weight is 370 g/mol. The van der Waals surface area contributed by atoms with E-state index in [1.165, 1.54) is 25.7 Å². The zero-order valence-electron chi connectivity index (χ0n) is 16.2. The largest absolute Gasteiger partial charge is 0.480 e. The van der Waals surface area contributed by atoms with E-state index in [-0.39, 0.29) is 5.91 Å². The van der Waals surface area contributed by atoms with Gasteiger partial charge >= 0.3 is 5.97 Å². The Labute approximate surface area is 162 Å². The van der Waals surface area contributed by atoms with E-state index in [0.29, 0.717) is 12.8 Å². The Kier molecular flexibility index (Phi) is 8.82. The minimum Gasteiger partial charge on any atom is -0.480 e. The zero-order chi connectivity index (χ0) is 19.5. The number of hydrogen-bond donors (Lipinski definition) is 2. The third-order valence-corrected chi connectivity index (χ3v) is 4.89. The molecule has 0 aliphatic heterocycles. The van der Waals surface area contributed by atoms with Crippen LogP contribution in [-0.4, -0.2) is 23.0 Å². The standard InChI is InChI=1S/C23H31NO3/c1-2-3-4-5-6-7-8-13-22(25)24-21(23(26)27)17-18-14-15-19-11-9-10-12-20(19)16-18/h9-12,14-16,21H,2-8,13,17H2,1H3,(H,24,25)(H,26,27)/t21-/m0/s1. The highest BCUT2D eigenvalue weighted by Gasteiger charge is 2.20. The number of amides is 1. The number of unbranched alkanes of at least 4 members (excludes halogenated alkanes) is 6. The van der Waals surface area contributed by atoms with E-state index >= 15 is 0 Å². The van der Waals surface area contributed by atoms with Gasteiger partial charge in [-0.3, -0.25) is 4.79 Å². The van der Waals surface area contributed by atoms with E-state index in [0.717, 1.165) is 35.6 Å². The second-order valence-corrected chi connectivity index (χ2v) is 7.22. The van der Waals surface area contributed by atoms with Crippen molar-refractivity contribution in [1.82, 2.24) is 5.32 Å². The van der Waals surface area contributed by atoms with Gasteiger partial charge in [-0.05, 0) is 22.8 Å². The lowest BCUT2D eigenvalue weighted by Crippen LogP contribution is -2.42. The monoisotopic (exact) mass is 369 g/mol. The van der Waals surface area contributed by atoms with Gasteiger partial charge in [-0.25, -0.2) is 4.79 Å². The third kappa shape index (κ3) is 7.41. The molecule has 1 atom stereocenters. The summed E-state index contributed by atoms with van der Waals surface area (Å²) in [5, 5.41) is 14.4. The molecule has 0 bridgehead atoms. The lowest BCUT2D eigenvalue weighted by molar-refractivity contribution is -0.141. The number of nitrogens with one attached hydrogen (secondary N) is 1. The predicted molar refractivity (Wildman–Crippen MR) is 110 cm³/mol. The van der Waals surface area contributed by atoms with Crippen molar-refractivity contribution in [3.63, 3.8) is 0 Å². The lowest BCUT2D eigenvalue weighted by atomic mass is 10.0. The highest BCUT2D eigenvalue weighted by atomic mass is 16.4. The molecule has 146 valence electrons. The number of aliphatic carboxylic acids is 1. The van der Waals surface area contributed by atoms with Crippen molar-refractivity contribution in [3.05, 3.63) is 48.0 Å². The van der Waals surface area contributed by atoms with Crippen LogP contribution in [0.25, 0.3) is 10.8 Å². The Bertz CT molecular complexity index is 741. The minimum absolute atomic E-state index is 0.170. The topological polar surface area (TPSA) is 66.4 Å². The van der Waals surface area contributed by atoms with Crippen LogP contribution in [0.4, 0.5) is 0 Å².